The van der Waals surface area contributed by atoms with Crippen molar-refractivity contribution in [2.24, 2.45) is 0 Å². The predicted octanol–water partition coefficient (Wildman–Crippen LogP) is 3.77. The Morgan fingerprint density at radius 3 is 2.37 bits per heavy atom. The number of carbonyl (C=O) groups is 1. The lowest BCUT2D eigenvalue weighted by molar-refractivity contribution is -0.202. The lowest BCUT2D eigenvalue weighted by Gasteiger charge is -2.38. The van der Waals surface area contributed by atoms with E-state index >= 15 is 0 Å². The molecule has 43 heavy (non-hydrogen) atoms. The molecule has 0 bridgehead atoms. The van der Waals surface area contributed by atoms with Crippen LogP contribution in [0.5, 0.6) is 0 Å². The van der Waals surface area contributed by atoms with Crippen molar-refractivity contribution in [3.05, 3.63) is 66.9 Å². The molecule has 228 valence electrons. The first-order chi connectivity index (χ1) is 20.7. The number of hydrogen-bond acceptors (Lipinski definition) is 11. The minimum atomic E-state index is -4.18. The molecule has 2 saturated heterocycles. The molecule has 12 nitrogen and oxygen atoms in total. The molecule has 2 aliphatic heterocycles. The van der Waals surface area contributed by atoms with Gasteiger partial charge in [-0.25, -0.2) is 27.2 Å². The maximum absolute atomic E-state index is 13.9. The van der Waals surface area contributed by atoms with Crippen LogP contribution in [0.4, 0.5) is 0 Å². The zero-order valence-electron chi connectivity index (χ0n) is 22.7. The Hall–Kier alpha value is -2.96. The Morgan fingerprint density at radius 2 is 1.65 bits per heavy atom. The van der Waals surface area contributed by atoms with Crippen molar-refractivity contribution < 1.29 is 35.7 Å². The number of nitrogens with one attached hydrogen (secondary N) is 1. The van der Waals surface area contributed by atoms with Crippen LogP contribution in [0.15, 0.2) is 79.9 Å². The molecule has 1 aromatic carbocycles. The van der Waals surface area contributed by atoms with Crippen molar-refractivity contribution >= 4 is 48.6 Å². The summed E-state index contributed by atoms with van der Waals surface area (Å²) in [6.07, 6.45) is 3.02. The summed E-state index contributed by atoms with van der Waals surface area (Å²) in [5.74, 6) is -0.785. The number of hydroxylamine groups is 1. The van der Waals surface area contributed by atoms with E-state index < -0.39 is 44.8 Å². The van der Waals surface area contributed by atoms with E-state index in [2.05, 4.69) is 10.6 Å². The molecule has 4 aromatic rings. The maximum Gasteiger partial charge on any atom is 0.263 e. The van der Waals surface area contributed by atoms with Gasteiger partial charge in [0.25, 0.3) is 26.0 Å². The van der Waals surface area contributed by atoms with Crippen LogP contribution in [0.1, 0.15) is 19.3 Å². The van der Waals surface area contributed by atoms with Gasteiger partial charge < -0.3 is 9.26 Å². The van der Waals surface area contributed by atoms with Gasteiger partial charge in [0.1, 0.15) is 26.4 Å². The van der Waals surface area contributed by atoms with E-state index in [1.165, 1.54) is 18.4 Å². The van der Waals surface area contributed by atoms with E-state index in [9.17, 15) is 21.6 Å². The average Bonchev–Trinajstić information content (AvgIpc) is 3.83. The standard InChI is InChI=1S/C27H28N4O8S4/c32-27(29-39-24-8-4-5-16-37-24)21-18-30(42(33,34)25-12-10-23(41-25)20-13-17-38-28-20)14-15-31(21)43(35,36)26-11-9-22(40-26)19-6-2-1-3-7-19/h1-3,6-7,9-13,17,21,24H,4-5,8,14-16,18H2,(H,29,32). The fourth-order valence-corrected chi connectivity index (χ4v) is 10.7. The van der Waals surface area contributed by atoms with Crippen LogP contribution in [0, 0.1) is 0 Å². The molecule has 16 heteroatoms. The molecule has 1 N–H and O–H groups in total. The molecule has 2 unspecified atom stereocenters. The SMILES string of the molecule is O=C(NOC1CCCCO1)C1CN(S(=O)(=O)c2ccc(-c3ccon3)s2)CCN1S(=O)(=O)c1ccc(-c2ccccc2)s1. The van der Waals surface area contributed by atoms with Crippen molar-refractivity contribution in [1.82, 2.24) is 19.2 Å². The maximum atomic E-state index is 13.9. The molecule has 2 fully saturated rings. The first-order valence-corrected chi connectivity index (χ1v) is 18.0. The first kappa shape index (κ1) is 30.1. The largest absolute Gasteiger partial charge is 0.364 e. The van der Waals surface area contributed by atoms with E-state index in [1.54, 1.807) is 18.2 Å². The van der Waals surface area contributed by atoms with Crippen molar-refractivity contribution in [2.75, 3.05) is 26.2 Å². The number of benzene rings is 1. The number of rotatable bonds is 9. The third-order valence-corrected chi connectivity index (χ3v) is 14.0. The number of piperazine rings is 1. The van der Waals surface area contributed by atoms with Crippen molar-refractivity contribution in [2.45, 2.75) is 40.0 Å². The zero-order chi connectivity index (χ0) is 30.0. The monoisotopic (exact) mass is 664 g/mol. The van der Waals surface area contributed by atoms with Gasteiger partial charge in [-0.15, -0.1) is 22.7 Å². The third kappa shape index (κ3) is 6.32. The average molecular weight is 665 g/mol. The second-order valence-electron chi connectivity index (χ2n) is 9.86. The van der Waals surface area contributed by atoms with Crippen LogP contribution in [-0.4, -0.2) is 75.1 Å². The molecule has 0 radical (unpaired) electrons. The Morgan fingerprint density at radius 1 is 0.907 bits per heavy atom. The number of hydrogen-bond donors (Lipinski definition) is 1. The molecule has 0 saturated carbocycles. The normalized spacial score (nSPS) is 20.7. The fraction of sp³-hybridized carbons (Fsp3) is 0.333. The minimum absolute atomic E-state index is 0.0404. The van der Waals surface area contributed by atoms with E-state index in [1.807, 2.05) is 30.3 Å². The van der Waals surface area contributed by atoms with Gasteiger partial charge in [0.2, 0.25) is 0 Å². The highest BCUT2D eigenvalue weighted by atomic mass is 32.3. The van der Waals surface area contributed by atoms with E-state index in [4.69, 9.17) is 14.1 Å². The Bertz CT molecular complexity index is 1770. The number of aromatic nitrogens is 1. The third-order valence-electron chi connectivity index (χ3n) is 7.09. The molecule has 3 aromatic heterocycles. The number of thiophene rings is 2. The van der Waals surface area contributed by atoms with Crippen molar-refractivity contribution in [3.8, 4) is 21.0 Å². The van der Waals surface area contributed by atoms with Gasteiger partial charge >= 0.3 is 0 Å². The molecule has 1 amide bonds. The van der Waals surface area contributed by atoms with E-state index in [-0.39, 0.29) is 21.5 Å². The van der Waals surface area contributed by atoms with E-state index in [0.717, 1.165) is 54.6 Å². The van der Waals surface area contributed by atoms with Gasteiger partial charge in [-0.05, 0) is 42.7 Å². The van der Waals surface area contributed by atoms with Crippen LogP contribution in [0.2, 0.25) is 0 Å². The van der Waals surface area contributed by atoms with Crippen molar-refractivity contribution in [3.63, 3.8) is 0 Å². The summed E-state index contributed by atoms with van der Waals surface area (Å²) in [6, 6.07) is 15.9. The predicted molar refractivity (Wildman–Crippen MR) is 159 cm³/mol. The second kappa shape index (κ2) is 12.6. The highest BCUT2D eigenvalue weighted by molar-refractivity contribution is 7.92. The second-order valence-corrected chi connectivity index (χ2v) is 16.3. The van der Waals surface area contributed by atoms with Crippen LogP contribution < -0.4 is 5.48 Å². The number of carbonyl (C=O) groups excluding carboxylic acids is 1. The lowest BCUT2D eigenvalue weighted by atomic mass is 10.2. The first-order valence-electron chi connectivity index (χ1n) is 13.5. The molecule has 6 rings (SSSR count). The van der Waals surface area contributed by atoms with Gasteiger partial charge in [0.05, 0.1) is 4.88 Å². The molecule has 0 aliphatic carbocycles. The molecule has 2 atom stereocenters. The van der Waals surface area contributed by atoms with Gasteiger partial charge in [-0.2, -0.15) is 8.61 Å². The summed E-state index contributed by atoms with van der Waals surface area (Å²) >= 11 is 2.09. The van der Waals surface area contributed by atoms with Crippen LogP contribution in [-0.2, 0) is 34.4 Å². The number of amides is 1. The summed E-state index contributed by atoms with van der Waals surface area (Å²) in [7, 11) is -8.25. The summed E-state index contributed by atoms with van der Waals surface area (Å²) < 4.78 is 67.8. The zero-order valence-corrected chi connectivity index (χ0v) is 26.0. The smallest absolute Gasteiger partial charge is 0.263 e. The van der Waals surface area contributed by atoms with Crippen LogP contribution >= 0.6 is 22.7 Å². The highest BCUT2D eigenvalue weighted by Crippen LogP contribution is 2.35. The van der Waals surface area contributed by atoms with Gasteiger partial charge in [-0.1, -0.05) is 35.5 Å². The summed E-state index contributed by atoms with van der Waals surface area (Å²) in [5.41, 5.74) is 3.69. The molecule has 2 aliphatic rings. The molecular formula is C27H28N4O8S4. The summed E-state index contributed by atoms with van der Waals surface area (Å²) in [4.78, 5) is 20.3. The Balaban J connectivity index is 1.26. The number of nitrogens with zero attached hydrogens (tertiary/aromatic N) is 3. The summed E-state index contributed by atoms with van der Waals surface area (Å²) in [6.45, 7) is -0.308. The number of sulfonamides is 2. The lowest BCUT2D eigenvalue weighted by Crippen LogP contribution is -2.61. The van der Waals surface area contributed by atoms with Gasteiger partial charge in [0, 0.05) is 43.6 Å². The van der Waals surface area contributed by atoms with Crippen LogP contribution in [0.25, 0.3) is 21.0 Å². The number of ether oxygens (including phenoxy) is 1. The fourth-order valence-electron chi connectivity index (χ4n) is 4.85. The van der Waals surface area contributed by atoms with Crippen molar-refractivity contribution in [1.29, 1.82) is 0 Å². The molecule has 0 spiro atoms. The topological polar surface area (TPSA) is 148 Å². The molecular weight excluding hydrogens is 637 g/mol. The minimum Gasteiger partial charge on any atom is -0.364 e. The van der Waals surface area contributed by atoms with Gasteiger partial charge in [0.15, 0.2) is 6.29 Å². The Kier molecular flexibility index (Phi) is 8.79. The van der Waals surface area contributed by atoms with Crippen LogP contribution in [0.3, 0.4) is 0 Å². The Labute approximate surface area is 256 Å². The molecule has 5 heterocycles. The van der Waals surface area contributed by atoms with Gasteiger partial charge in [-0.3, -0.25) is 4.79 Å². The van der Waals surface area contributed by atoms with E-state index in [0.29, 0.717) is 23.6 Å². The summed E-state index contributed by atoms with van der Waals surface area (Å²) in [5, 5.41) is 3.85. The quantitative estimate of drug-likeness (QED) is 0.264. The highest BCUT2D eigenvalue weighted by Gasteiger charge is 2.44.